The second-order valence-electron chi connectivity index (χ2n) is 8.53. The van der Waals surface area contributed by atoms with Gasteiger partial charge in [-0.05, 0) is 53.1 Å². The third-order valence-electron chi connectivity index (χ3n) is 5.25. The molecule has 0 radical (unpaired) electrons. The molecule has 44 heavy (non-hydrogen) atoms. The fraction of sp³-hybridized carbons (Fsp3) is 0.148. The van der Waals surface area contributed by atoms with E-state index >= 15 is 0 Å². The molecular formula is C27H20ClF6N5O5. The number of carbonyl (C=O) groups is 2. The first-order valence-corrected chi connectivity index (χ1v) is 12.4. The van der Waals surface area contributed by atoms with Crippen LogP contribution in [0.1, 0.15) is 5.56 Å². The topological polar surface area (TPSA) is 147 Å². The molecule has 3 heterocycles. The third-order valence-corrected chi connectivity index (χ3v) is 5.52. The fourth-order valence-electron chi connectivity index (χ4n) is 3.35. The second-order valence-corrected chi connectivity index (χ2v) is 8.93. The first kappa shape index (κ1) is 33.4. The van der Waals surface area contributed by atoms with Crippen molar-refractivity contribution in [3.8, 4) is 16.9 Å². The minimum Gasteiger partial charge on any atom is -0.493 e. The average Bonchev–Trinajstić information content (AvgIpc) is 2.95. The van der Waals surface area contributed by atoms with Crippen LogP contribution >= 0.6 is 11.6 Å². The Balaban J connectivity index is 0.000000317. The summed E-state index contributed by atoms with van der Waals surface area (Å²) < 4.78 is 69.5. The standard InChI is InChI=1S/C23H18ClN5O.2C2HF3O2/c24-21-14-26-23-28-19-11-15(10-17(12-19)16-4-7-25-8-5-16)6-9-30-20-3-1-2-18(13-20)27-22(21)29-23;2*3-2(4,5)1(6)7/h1-5,7-8,10-14H,6,9H2,(H2,26,27,28,29);2*(H,6,7). The summed E-state index contributed by atoms with van der Waals surface area (Å²) in [4.78, 5) is 30.8. The van der Waals surface area contributed by atoms with Crippen molar-refractivity contribution in [2.75, 3.05) is 17.2 Å². The zero-order valence-corrected chi connectivity index (χ0v) is 22.7. The zero-order valence-electron chi connectivity index (χ0n) is 21.9. The van der Waals surface area contributed by atoms with Crippen LogP contribution in [0.25, 0.3) is 11.1 Å². The molecule has 4 aromatic rings. The number of anilines is 4. The summed E-state index contributed by atoms with van der Waals surface area (Å²) in [6.07, 6.45) is -4.24. The van der Waals surface area contributed by atoms with Crippen LogP contribution in [0.5, 0.6) is 5.75 Å². The number of nitrogens with one attached hydrogen (secondary N) is 2. The molecule has 1 aliphatic rings. The Hall–Kier alpha value is -5.12. The van der Waals surface area contributed by atoms with Gasteiger partial charge in [0, 0.05) is 36.3 Å². The average molecular weight is 644 g/mol. The molecule has 5 rings (SSSR count). The molecule has 0 saturated carbocycles. The minimum atomic E-state index is -5.08. The summed E-state index contributed by atoms with van der Waals surface area (Å²) in [5.41, 5.74) is 5.05. The first-order valence-electron chi connectivity index (χ1n) is 12.1. The number of halogens is 7. The predicted octanol–water partition coefficient (Wildman–Crippen LogP) is 6.88. The number of carboxylic acids is 2. The van der Waals surface area contributed by atoms with Crippen LogP contribution in [0.4, 0.5) is 49.5 Å². The maximum absolute atomic E-state index is 10.6. The van der Waals surface area contributed by atoms with Gasteiger partial charge in [0.15, 0.2) is 5.82 Å². The number of rotatable bonds is 1. The largest absolute Gasteiger partial charge is 0.493 e. The van der Waals surface area contributed by atoms with Gasteiger partial charge in [-0.1, -0.05) is 23.7 Å². The number of carboxylic acid groups (broad SMARTS) is 2. The molecule has 0 saturated heterocycles. The van der Waals surface area contributed by atoms with Gasteiger partial charge in [0.2, 0.25) is 5.95 Å². The summed E-state index contributed by atoms with van der Waals surface area (Å²) in [6.45, 7) is 0.561. The lowest BCUT2D eigenvalue weighted by atomic mass is 10.0. The van der Waals surface area contributed by atoms with Crippen molar-refractivity contribution < 1.29 is 50.9 Å². The molecule has 0 unspecified atom stereocenters. The van der Waals surface area contributed by atoms with E-state index < -0.39 is 24.3 Å². The molecular weight excluding hydrogens is 624 g/mol. The molecule has 0 spiro atoms. The van der Waals surface area contributed by atoms with Crippen LogP contribution in [-0.2, 0) is 16.0 Å². The van der Waals surface area contributed by atoms with E-state index in [1.165, 1.54) is 0 Å². The van der Waals surface area contributed by atoms with Crippen LogP contribution in [0.15, 0.2) is 73.2 Å². The summed E-state index contributed by atoms with van der Waals surface area (Å²) in [6, 6.07) is 18.0. The Morgan fingerprint density at radius 1 is 0.841 bits per heavy atom. The number of aliphatic carboxylic acids is 2. The first-order chi connectivity index (χ1) is 20.6. The van der Waals surface area contributed by atoms with Gasteiger partial charge in [-0.25, -0.2) is 14.6 Å². The van der Waals surface area contributed by atoms with E-state index in [1.54, 1.807) is 18.6 Å². The van der Waals surface area contributed by atoms with Gasteiger partial charge in [0.25, 0.3) is 0 Å². The quantitative estimate of drug-likeness (QED) is 0.162. The predicted molar refractivity (Wildman–Crippen MR) is 146 cm³/mol. The molecule has 2 aromatic heterocycles. The number of pyridine rings is 1. The molecule has 232 valence electrons. The number of alkyl halides is 6. The molecule has 2 aromatic carbocycles. The highest BCUT2D eigenvalue weighted by molar-refractivity contribution is 6.32. The summed E-state index contributed by atoms with van der Waals surface area (Å²) in [7, 11) is 0. The van der Waals surface area contributed by atoms with Crippen molar-refractivity contribution in [1.29, 1.82) is 0 Å². The Labute approximate surface area is 249 Å². The van der Waals surface area contributed by atoms with Gasteiger partial charge < -0.3 is 25.6 Å². The normalized spacial score (nSPS) is 12.2. The van der Waals surface area contributed by atoms with Gasteiger partial charge in [-0.3, -0.25) is 4.98 Å². The maximum atomic E-state index is 10.6. The number of hydrogen-bond acceptors (Lipinski definition) is 8. The molecule has 0 aliphatic carbocycles. The van der Waals surface area contributed by atoms with Crippen molar-refractivity contribution >= 4 is 46.7 Å². The highest BCUT2D eigenvalue weighted by atomic mass is 35.5. The van der Waals surface area contributed by atoms with E-state index in [2.05, 4.69) is 43.8 Å². The van der Waals surface area contributed by atoms with Crippen LogP contribution in [0.2, 0.25) is 5.02 Å². The molecule has 0 fully saturated rings. The lowest BCUT2D eigenvalue weighted by Gasteiger charge is -2.15. The molecule has 0 atom stereocenters. The van der Waals surface area contributed by atoms with Crippen LogP contribution < -0.4 is 15.4 Å². The van der Waals surface area contributed by atoms with Gasteiger partial charge in [-0.2, -0.15) is 31.3 Å². The van der Waals surface area contributed by atoms with E-state index in [4.69, 9.17) is 36.1 Å². The van der Waals surface area contributed by atoms with Gasteiger partial charge in [0.05, 0.1) is 12.8 Å². The molecule has 10 nitrogen and oxygen atoms in total. The number of benzene rings is 2. The molecule has 17 heteroatoms. The molecule has 0 amide bonds. The highest BCUT2D eigenvalue weighted by Gasteiger charge is 2.38. The number of fused-ring (bicyclic) bond motifs is 6. The van der Waals surface area contributed by atoms with Crippen LogP contribution in [-0.4, -0.2) is 56.1 Å². The maximum Gasteiger partial charge on any atom is 0.490 e. The Morgan fingerprint density at radius 2 is 1.48 bits per heavy atom. The van der Waals surface area contributed by atoms with Crippen molar-refractivity contribution in [1.82, 2.24) is 15.0 Å². The Bertz CT molecular complexity index is 1580. The van der Waals surface area contributed by atoms with E-state index in [-0.39, 0.29) is 0 Å². The number of nitrogens with zero attached hydrogens (tertiary/aromatic N) is 3. The van der Waals surface area contributed by atoms with Gasteiger partial charge in [-0.15, -0.1) is 0 Å². The third kappa shape index (κ3) is 10.3. The number of hydrogen-bond donors (Lipinski definition) is 4. The van der Waals surface area contributed by atoms with Gasteiger partial charge >= 0.3 is 24.3 Å². The summed E-state index contributed by atoms with van der Waals surface area (Å²) in [5.74, 6) is -3.75. The van der Waals surface area contributed by atoms with E-state index in [0.717, 1.165) is 40.2 Å². The summed E-state index contributed by atoms with van der Waals surface area (Å²) in [5, 5.41) is 21.2. The molecule has 6 bridgehead atoms. The minimum absolute atomic E-state index is 0.435. The number of aromatic nitrogens is 3. The van der Waals surface area contributed by atoms with Crippen LogP contribution in [0, 0.1) is 0 Å². The van der Waals surface area contributed by atoms with E-state index in [9.17, 15) is 26.3 Å². The zero-order chi connectivity index (χ0) is 32.5. The SMILES string of the molecule is Clc1cnc2nc1Nc1cccc(c1)OCCc1cc(cc(-c3ccncc3)c1)N2.O=C(O)C(F)(F)F.O=C(O)C(F)(F)F. The second kappa shape index (κ2) is 14.4. The van der Waals surface area contributed by atoms with E-state index in [0.29, 0.717) is 23.4 Å². The lowest BCUT2D eigenvalue weighted by Crippen LogP contribution is -2.21. The van der Waals surface area contributed by atoms with Crippen molar-refractivity contribution in [3.05, 3.63) is 83.8 Å². The molecule has 4 N–H and O–H groups in total. The van der Waals surface area contributed by atoms with Crippen molar-refractivity contribution in [2.45, 2.75) is 18.8 Å². The molecule has 1 aliphatic heterocycles. The lowest BCUT2D eigenvalue weighted by molar-refractivity contribution is -0.193. The fourth-order valence-corrected chi connectivity index (χ4v) is 3.49. The van der Waals surface area contributed by atoms with E-state index in [1.807, 2.05) is 36.4 Å². The summed E-state index contributed by atoms with van der Waals surface area (Å²) >= 11 is 6.31. The Morgan fingerprint density at radius 3 is 2.09 bits per heavy atom. The number of ether oxygens (including phenoxy) is 1. The monoisotopic (exact) mass is 643 g/mol. The Kier molecular flexibility index (Phi) is 10.9. The van der Waals surface area contributed by atoms with Gasteiger partial charge in [0.1, 0.15) is 10.8 Å². The smallest absolute Gasteiger partial charge is 0.490 e. The van der Waals surface area contributed by atoms with Crippen molar-refractivity contribution in [2.24, 2.45) is 0 Å². The van der Waals surface area contributed by atoms with Crippen molar-refractivity contribution in [3.63, 3.8) is 0 Å². The van der Waals surface area contributed by atoms with Crippen LogP contribution in [0.3, 0.4) is 0 Å². The highest BCUT2D eigenvalue weighted by Crippen LogP contribution is 2.30.